The quantitative estimate of drug-likeness (QED) is 0.370. The molecule has 1 amide bonds. The van der Waals surface area contributed by atoms with Gasteiger partial charge in [-0.1, -0.05) is 36.4 Å². The number of thioether (sulfide) groups is 1. The van der Waals surface area contributed by atoms with E-state index in [4.69, 9.17) is 4.42 Å². The first kappa shape index (κ1) is 19.7. The number of aromatic hydroxyl groups is 1. The second-order valence-electron chi connectivity index (χ2n) is 6.29. The highest BCUT2D eigenvalue weighted by molar-refractivity contribution is 8.18. The van der Waals surface area contributed by atoms with Gasteiger partial charge in [-0.3, -0.25) is 9.69 Å². The number of phenolic OH excluding ortho intramolecular Hbond substituents is 1. The van der Waals surface area contributed by atoms with E-state index in [1.807, 2.05) is 0 Å². The summed E-state index contributed by atoms with van der Waals surface area (Å²) in [6.07, 6.45) is 4.42. The van der Waals surface area contributed by atoms with E-state index in [9.17, 15) is 14.3 Å². The van der Waals surface area contributed by atoms with Gasteiger partial charge in [0.25, 0.3) is 5.91 Å². The van der Waals surface area contributed by atoms with Crippen molar-refractivity contribution in [3.63, 3.8) is 0 Å². The fourth-order valence-corrected chi connectivity index (χ4v) is 3.68. The molecule has 1 aliphatic rings. The normalized spacial score (nSPS) is 17.0. The van der Waals surface area contributed by atoms with Gasteiger partial charge in [0.2, 0.25) is 0 Å². The molecule has 1 fully saturated rings. The number of amides is 1. The third-order valence-corrected chi connectivity index (χ3v) is 5.25. The second-order valence-corrected chi connectivity index (χ2v) is 7.30. The maximum atomic E-state index is 13.8. The van der Waals surface area contributed by atoms with E-state index in [1.165, 1.54) is 23.4 Å². The molecule has 0 radical (unpaired) electrons. The van der Waals surface area contributed by atoms with Crippen LogP contribution in [-0.4, -0.2) is 27.3 Å². The molecule has 0 bridgehead atoms. The lowest BCUT2D eigenvalue weighted by Gasteiger charge is -2.12. The molecule has 30 heavy (non-hydrogen) atoms. The van der Waals surface area contributed by atoms with Gasteiger partial charge in [-0.15, -0.1) is 5.10 Å². The molecule has 1 saturated heterocycles. The maximum Gasteiger partial charge on any atom is 0.267 e. The molecule has 1 N–H and O–H groups in total. The van der Waals surface area contributed by atoms with Crippen LogP contribution in [0.25, 0.3) is 6.08 Å². The number of benzene rings is 2. The van der Waals surface area contributed by atoms with Gasteiger partial charge in [-0.05, 0) is 42.1 Å². The zero-order valence-electron chi connectivity index (χ0n) is 15.6. The highest BCUT2D eigenvalue weighted by Gasteiger charge is 2.34. The standard InChI is InChI=1S/C22H16FN3O3S/c23-18-9-3-1-7-16(18)13-24-25-22-26(14-17-8-5-11-29-17)21(28)20(30-22)12-15-6-2-4-10-19(15)27/h1-13,27H,14H2/b20-12-,24-13+,25-22-. The molecule has 4 rings (SSSR count). The van der Waals surface area contributed by atoms with E-state index in [-0.39, 0.29) is 18.2 Å². The first-order chi connectivity index (χ1) is 14.6. The monoisotopic (exact) mass is 421 g/mol. The van der Waals surface area contributed by atoms with E-state index in [0.29, 0.717) is 27.0 Å². The van der Waals surface area contributed by atoms with Crippen LogP contribution < -0.4 is 0 Å². The Morgan fingerprint density at radius 3 is 2.57 bits per heavy atom. The second kappa shape index (κ2) is 8.79. The molecule has 150 valence electrons. The predicted molar refractivity (Wildman–Crippen MR) is 114 cm³/mol. The van der Waals surface area contributed by atoms with E-state index in [2.05, 4.69) is 10.2 Å². The van der Waals surface area contributed by atoms with Crippen molar-refractivity contribution in [3.8, 4) is 5.75 Å². The largest absolute Gasteiger partial charge is 0.507 e. The molecule has 0 aliphatic carbocycles. The van der Waals surface area contributed by atoms with Crippen LogP contribution in [0.5, 0.6) is 5.75 Å². The number of phenols is 1. The number of carbonyl (C=O) groups excluding carboxylic acids is 1. The molecule has 6 nitrogen and oxygen atoms in total. The molecular weight excluding hydrogens is 405 g/mol. The number of halogens is 1. The predicted octanol–water partition coefficient (Wildman–Crippen LogP) is 4.63. The van der Waals surface area contributed by atoms with Crippen molar-refractivity contribution in [2.75, 3.05) is 0 Å². The highest BCUT2D eigenvalue weighted by atomic mass is 32.2. The van der Waals surface area contributed by atoms with Gasteiger partial charge >= 0.3 is 0 Å². The lowest BCUT2D eigenvalue weighted by atomic mass is 10.2. The van der Waals surface area contributed by atoms with Crippen molar-refractivity contribution in [3.05, 3.63) is 94.5 Å². The number of furan rings is 1. The fraction of sp³-hybridized carbons (Fsp3) is 0.0455. The summed E-state index contributed by atoms with van der Waals surface area (Å²) in [7, 11) is 0. The molecule has 0 spiro atoms. The smallest absolute Gasteiger partial charge is 0.267 e. The van der Waals surface area contributed by atoms with E-state index >= 15 is 0 Å². The summed E-state index contributed by atoms with van der Waals surface area (Å²) in [6, 6.07) is 16.4. The van der Waals surface area contributed by atoms with Gasteiger partial charge in [0.15, 0.2) is 5.17 Å². The molecule has 0 atom stereocenters. The molecule has 8 heteroatoms. The Morgan fingerprint density at radius 2 is 1.83 bits per heavy atom. The molecular formula is C22H16FN3O3S. The first-order valence-corrected chi connectivity index (χ1v) is 9.81. The van der Waals surface area contributed by atoms with E-state index in [0.717, 1.165) is 11.8 Å². The molecule has 3 aromatic rings. The Bertz CT molecular complexity index is 1160. The molecule has 0 unspecified atom stereocenters. The number of hydrogen-bond donors (Lipinski definition) is 1. The molecule has 2 aromatic carbocycles. The Kier molecular flexibility index (Phi) is 5.76. The molecule has 0 saturated carbocycles. The minimum Gasteiger partial charge on any atom is -0.507 e. The third kappa shape index (κ3) is 4.33. The van der Waals surface area contributed by atoms with Gasteiger partial charge in [-0.2, -0.15) is 5.10 Å². The van der Waals surface area contributed by atoms with Crippen LogP contribution in [0.2, 0.25) is 0 Å². The number of rotatable bonds is 5. The summed E-state index contributed by atoms with van der Waals surface area (Å²) in [6.45, 7) is 0.172. The van der Waals surface area contributed by atoms with E-state index in [1.54, 1.807) is 60.7 Å². The number of para-hydroxylation sites is 1. The van der Waals surface area contributed by atoms with Crippen LogP contribution in [0.1, 0.15) is 16.9 Å². The molecule has 1 aliphatic heterocycles. The van der Waals surface area contributed by atoms with Crippen LogP contribution in [0.3, 0.4) is 0 Å². The first-order valence-electron chi connectivity index (χ1n) is 8.99. The summed E-state index contributed by atoms with van der Waals surface area (Å²) in [5.41, 5.74) is 0.807. The van der Waals surface area contributed by atoms with Gasteiger partial charge in [-0.25, -0.2) is 4.39 Å². The zero-order chi connectivity index (χ0) is 20.9. The van der Waals surface area contributed by atoms with Crippen molar-refractivity contribution >= 4 is 35.1 Å². The Labute approximate surface area is 176 Å². The Morgan fingerprint density at radius 1 is 1.07 bits per heavy atom. The summed E-state index contributed by atoms with van der Waals surface area (Å²) in [5.74, 6) is -0.0545. The van der Waals surface area contributed by atoms with Crippen LogP contribution >= 0.6 is 11.8 Å². The SMILES string of the molecule is O=C1/C(=C/c2ccccc2O)S/C(=N\N=C\c2ccccc2F)N1Cc1ccco1. The average Bonchev–Trinajstić information content (AvgIpc) is 3.35. The van der Waals surface area contributed by atoms with Crippen molar-refractivity contribution < 1.29 is 18.7 Å². The third-order valence-electron chi connectivity index (χ3n) is 4.25. The Hall–Kier alpha value is -3.65. The maximum absolute atomic E-state index is 13.8. The van der Waals surface area contributed by atoms with Gasteiger partial charge in [0.05, 0.1) is 23.9 Å². The summed E-state index contributed by atoms with van der Waals surface area (Å²) >= 11 is 1.12. The van der Waals surface area contributed by atoms with Crippen LogP contribution in [-0.2, 0) is 11.3 Å². The summed E-state index contributed by atoms with van der Waals surface area (Å²) in [4.78, 5) is 14.8. The highest BCUT2D eigenvalue weighted by Crippen LogP contribution is 2.35. The summed E-state index contributed by atoms with van der Waals surface area (Å²) < 4.78 is 19.1. The summed E-state index contributed by atoms with van der Waals surface area (Å²) in [5, 5.41) is 18.4. The lowest BCUT2D eigenvalue weighted by Crippen LogP contribution is -2.28. The Balaban J connectivity index is 1.65. The van der Waals surface area contributed by atoms with Crippen LogP contribution in [0.4, 0.5) is 4.39 Å². The van der Waals surface area contributed by atoms with Crippen molar-refractivity contribution in [2.45, 2.75) is 6.54 Å². The van der Waals surface area contributed by atoms with Gasteiger partial charge in [0, 0.05) is 11.1 Å². The minimum absolute atomic E-state index is 0.0685. The average molecular weight is 421 g/mol. The van der Waals surface area contributed by atoms with Crippen molar-refractivity contribution in [1.29, 1.82) is 0 Å². The van der Waals surface area contributed by atoms with Crippen LogP contribution in [0, 0.1) is 5.82 Å². The van der Waals surface area contributed by atoms with Gasteiger partial charge in [0.1, 0.15) is 17.3 Å². The molecule has 1 aromatic heterocycles. The topological polar surface area (TPSA) is 78.4 Å². The zero-order valence-corrected chi connectivity index (χ0v) is 16.4. The van der Waals surface area contributed by atoms with E-state index < -0.39 is 5.82 Å². The number of amidine groups is 1. The molecule has 2 heterocycles. The number of nitrogens with zero attached hydrogens (tertiary/aromatic N) is 3. The minimum atomic E-state index is -0.413. The van der Waals surface area contributed by atoms with Crippen molar-refractivity contribution in [1.82, 2.24) is 4.90 Å². The number of carbonyl (C=O) groups is 1. The fourth-order valence-electron chi connectivity index (χ4n) is 2.75. The van der Waals surface area contributed by atoms with Crippen molar-refractivity contribution in [2.24, 2.45) is 10.2 Å². The lowest BCUT2D eigenvalue weighted by molar-refractivity contribution is -0.122. The number of hydrogen-bond acceptors (Lipinski definition) is 6. The van der Waals surface area contributed by atoms with Gasteiger partial charge < -0.3 is 9.52 Å². The van der Waals surface area contributed by atoms with Crippen LogP contribution in [0.15, 0.2) is 86.5 Å².